The average molecular weight is 316 g/mol. The van der Waals surface area contributed by atoms with Crippen LogP contribution in [0.5, 0.6) is 0 Å². The fourth-order valence-corrected chi connectivity index (χ4v) is 2.62. The van der Waals surface area contributed by atoms with Gasteiger partial charge in [0.2, 0.25) is 17.6 Å². The molecule has 0 unspecified atom stereocenters. The highest BCUT2D eigenvalue weighted by Gasteiger charge is 2.33. The monoisotopic (exact) mass is 316 g/mol. The first kappa shape index (κ1) is 15.6. The minimum Gasteiger partial charge on any atom is -0.377 e. The van der Waals surface area contributed by atoms with Crippen LogP contribution in [0.25, 0.3) is 11.5 Å². The fourth-order valence-electron chi connectivity index (χ4n) is 2.62. The molecule has 1 saturated heterocycles. The van der Waals surface area contributed by atoms with Gasteiger partial charge >= 0.3 is 0 Å². The molecule has 2 aromatic heterocycles. The van der Waals surface area contributed by atoms with Crippen molar-refractivity contribution in [1.29, 1.82) is 0 Å². The summed E-state index contributed by atoms with van der Waals surface area (Å²) in [7, 11) is 0. The molecule has 0 radical (unpaired) electrons. The maximum absolute atomic E-state index is 12.4. The Morgan fingerprint density at radius 3 is 3.00 bits per heavy atom. The predicted molar refractivity (Wildman–Crippen MR) is 82.5 cm³/mol. The van der Waals surface area contributed by atoms with Crippen LogP contribution in [0, 0.1) is 0 Å². The number of morpholine rings is 1. The SMILES string of the molecule is CC1(C)COCCN1C(=O)CCc1nc(-c2ccccn2)no1. The van der Waals surface area contributed by atoms with Gasteiger partial charge in [-0.2, -0.15) is 4.98 Å². The topological polar surface area (TPSA) is 81.4 Å². The van der Waals surface area contributed by atoms with Gasteiger partial charge in [-0.1, -0.05) is 11.2 Å². The highest BCUT2D eigenvalue weighted by atomic mass is 16.5. The van der Waals surface area contributed by atoms with Gasteiger partial charge in [-0.05, 0) is 26.0 Å². The molecular weight excluding hydrogens is 296 g/mol. The van der Waals surface area contributed by atoms with E-state index in [4.69, 9.17) is 9.26 Å². The number of rotatable bonds is 4. The molecule has 1 aliphatic rings. The first-order valence-corrected chi connectivity index (χ1v) is 7.68. The summed E-state index contributed by atoms with van der Waals surface area (Å²) in [6, 6.07) is 5.51. The molecule has 0 atom stereocenters. The van der Waals surface area contributed by atoms with Crippen LogP contribution in [0.1, 0.15) is 26.2 Å². The third-order valence-electron chi connectivity index (χ3n) is 3.86. The molecule has 0 aromatic carbocycles. The second-order valence-corrected chi connectivity index (χ2v) is 6.14. The summed E-state index contributed by atoms with van der Waals surface area (Å²) in [6.45, 7) is 5.78. The van der Waals surface area contributed by atoms with E-state index >= 15 is 0 Å². The Hall–Kier alpha value is -2.28. The Kier molecular flexibility index (Phi) is 4.38. The first-order valence-electron chi connectivity index (χ1n) is 7.68. The molecule has 0 N–H and O–H groups in total. The zero-order valence-electron chi connectivity index (χ0n) is 13.4. The van der Waals surface area contributed by atoms with Crippen molar-refractivity contribution in [2.45, 2.75) is 32.2 Å². The van der Waals surface area contributed by atoms with Gasteiger partial charge in [0.15, 0.2) is 0 Å². The molecule has 0 spiro atoms. The summed E-state index contributed by atoms with van der Waals surface area (Å²) in [5.74, 6) is 0.973. The number of aromatic nitrogens is 3. The smallest absolute Gasteiger partial charge is 0.227 e. The molecule has 2 aromatic rings. The molecule has 0 saturated carbocycles. The molecular formula is C16H20N4O3. The summed E-state index contributed by atoms with van der Waals surface area (Å²) < 4.78 is 10.7. The van der Waals surface area contributed by atoms with Crippen LogP contribution >= 0.6 is 0 Å². The van der Waals surface area contributed by atoms with Crippen molar-refractivity contribution in [2.75, 3.05) is 19.8 Å². The predicted octanol–water partition coefficient (Wildman–Crippen LogP) is 1.70. The highest BCUT2D eigenvalue weighted by Crippen LogP contribution is 2.20. The summed E-state index contributed by atoms with van der Waals surface area (Å²) in [5.41, 5.74) is 0.381. The number of carbonyl (C=O) groups is 1. The highest BCUT2D eigenvalue weighted by molar-refractivity contribution is 5.77. The fraction of sp³-hybridized carbons (Fsp3) is 0.500. The second kappa shape index (κ2) is 6.45. The molecule has 122 valence electrons. The van der Waals surface area contributed by atoms with Crippen LogP contribution in [0.4, 0.5) is 0 Å². The van der Waals surface area contributed by atoms with Gasteiger partial charge in [-0.25, -0.2) is 0 Å². The van der Waals surface area contributed by atoms with E-state index in [2.05, 4.69) is 15.1 Å². The maximum Gasteiger partial charge on any atom is 0.227 e. The van der Waals surface area contributed by atoms with E-state index in [0.29, 0.717) is 50.0 Å². The van der Waals surface area contributed by atoms with Gasteiger partial charge < -0.3 is 14.2 Å². The number of nitrogens with zero attached hydrogens (tertiary/aromatic N) is 4. The average Bonchev–Trinajstić information content (AvgIpc) is 3.02. The summed E-state index contributed by atoms with van der Waals surface area (Å²) in [6.07, 6.45) is 2.44. The molecule has 7 heteroatoms. The molecule has 0 bridgehead atoms. The van der Waals surface area contributed by atoms with Gasteiger partial charge in [-0.3, -0.25) is 9.78 Å². The molecule has 1 fully saturated rings. The van der Waals surface area contributed by atoms with Crippen LogP contribution in [0.2, 0.25) is 0 Å². The Bertz CT molecular complexity index is 669. The number of ether oxygens (including phenoxy) is 1. The summed E-state index contributed by atoms with van der Waals surface area (Å²) >= 11 is 0. The van der Waals surface area contributed by atoms with Crippen LogP contribution in [-0.2, 0) is 16.0 Å². The Labute approximate surface area is 134 Å². The summed E-state index contributed by atoms with van der Waals surface area (Å²) in [5, 5.41) is 3.91. The van der Waals surface area contributed by atoms with E-state index in [1.807, 2.05) is 36.9 Å². The van der Waals surface area contributed by atoms with Gasteiger partial charge in [0.1, 0.15) is 5.69 Å². The van der Waals surface area contributed by atoms with E-state index in [9.17, 15) is 4.79 Å². The van der Waals surface area contributed by atoms with E-state index < -0.39 is 0 Å². The van der Waals surface area contributed by atoms with Crippen LogP contribution < -0.4 is 0 Å². The van der Waals surface area contributed by atoms with Crippen molar-refractivity contribution in [3.05, 3.63) is 30.3 Å². The maximum atomic E-state index is 12.4. The third-order valence-corrected chi connectivity index (χ3v) is 3.86. The standard InChI is InChI=1S/C16H20N4O3/c1-16(2)11-22-10-9-20(16)14(21)7-6-13-18-15(19-23-13)12-5-3-4-8-17-12/h3-5,8H,6-7,9-11H2,1-2H3. The molecule has 7 nitrogen and oxygen atoms in total. The largest absolute Gasteiger partial charge is 0.377 e. The van der Waals surface area contributed by atoms with E-state index in [0.717, 1.165) is 0 Å². The molecule has 3 heterocycles. The number of amides is 1. The number of hydrogen-bond donors (Lipinski definition) is 0. The van der Waals surface area contributed by atoms with Gasteiger partial charge in [0.05, 0.1) is 18.8 Å². The van der Waals surface area contributed by atoms with Gasteiger partial charge in [0.25, 0.3) is 0 Å². The van der Waals surface area contributed by atoms with Gasteiger partial charge in [-0.15, -0.1) is 0 Å². The van der Waals surface area contributed by atoms with Crippen molar-refractivity contribution in [3.63, 3.8) is 0 Å². The molecule has 1 amide bonds. The van der Waals surface area contributed by atoms with Crippen LogP contribution in [0.3, 0.4) is 0 Å². The van der Waals surface area contributed by atoms with E-state index in [-0.39, 0.29) is 11.4 Å². The lowest BCUT2D eigenvalue weighted by Crippen LogP contribution is -2.55. The van der Waals surface area contributed by atoms with E-state index in [1.54, 1.807) is 6.20 Å². The number of hydrogen-bond acceptors (Lipinski definition) is 6. The van der Waals surface area contributed by atoms with Crippen molar-refractivity contribution >= 4 is 5.91 Å². The number of aryl methyl sites for hydroxylation is 1. The lowest BCUT2D eigenvalue weighted by Gasteiger charge is -2.42. The minimum absolute atomic E-state index is 0.0795. The normalized spacial score (nSPS) is 17.2. The Balaban J connectivity index is 1.60. The zero-order valence-corrected chi connectivity index (χ0v) is 13.4. The Morgan fingerprint density at radius 2 is 2.26 bits per heavy atom. The van der Waals surface area contributed by atoms with Gasteiger partial charge in [0, 0.05) is 25.6 Å². The van der Waals surface area contributed by atoms with Crippen molar-refractivity contribution in [3.8, 4) is 11.5 Å². The second-order valence-electron chi connectivity index (χ2n) is 6.14. The lowest BCUT2D eigenvalue weighted by atomic mass is 10.0. The van der Waals surface area contributed by atoms with E-state index in [1.165, 1.54) is 0 Å². The van der Waals surface area contributed by atoms with Crippen molar-refractivity contribution in [1.82, 2.24) is 20.0 Å². The Morgan fingerprint density at radius 1 is 1.39 bits per heavy atom. The molecule has 0 aliphatic carbocycles. The molecule has 3 rings (SSSR count). The number of pyridine rings is 1. The van der Waals surface area contributed by atoms with Crippen LogP contribution in [0.15, 0.2) is 28.9 Å². The quantitative estimate of drug-likeness (QED) is 0.854. The van der Waals surface area contributed by atoms with Crippen molar-refractivity contribution < 1.29 is 14.1 Å². The zero-order chi connectivity index (χ0) is 16.3. The number of carbonyl (C=O) groups excluding carboxylic acids is 1. The first-order chi connectivity index (χ1) is 11.1. The molecule has 23 heavy (non-hydrogen) atoms. The lowest BCUT2D eigenvalue weighted by molar-refractivity contribution is -0.146. The minimum atomic E-state index is -0.275. The molecule has 1 aliphatic heterocycles. The third kappa shape index (κ3) is 3.56. The van der Waals surface area contributed by atoms with Crippen LogP contribution in [-0.4, -0.2) is 51.2 Å². The van der Waals surface area contributed by atoms with Crippen molar-refractivity contribution in [2.24, 2.45) is 0 Å². The summed E-state index contributed by atoms with van der Waals surface area (Å²) in [4.78, 5) is 22.8.